The molecule has 1 unspecified atom stereocenters. The van der Waals surface area contributed by atoms with Crippen LogP contribution < -0.4 is 10.1 Å². The molecular weight excluding hydrogens is 262 g/mol. The van der Waals surface area contributed by atoms with E-state index in [1.165, 1.54) is 0 Å². The van der Waals surface area contributed by atoms with Gasteiger partial charge in [0.25, 0.3) is 0 Å². The number of anilines is 1. The maximum absolute atomic E-state index is 12.5. The maximum Gasteiger partial charge on any atom is 0.231 e. The van der Waals surface area contributed by atoms with Gasteiger partial charge in [-0.25, -0.2) is 0 Å². The minimum atomic E-state index is -0.0681. The topological polar surface area (TPSA) is 38.3 Å². The molecule has 108 valence electrons. The molecule has 1 aliphatic rings. The second-order valence-corrected chi connectivity index (χ2v) is 5.37. The van der Waals surface area contributed by atoms with Gasteiger partial charge in [0.1, 0.15) is 5.75 Å². The van der Waals surface area contributed by atoms with Crippen molar-refractivity contribution >= 4 is 11.6 Å². The molecule has 3 rings (SSSR count). The number of ether oxygens (including phenoxy) is 1. The molecule has 1 N–H and O–H groups in total. The lowest BCUT2D eigenvalue weighted by Crippen LogP contribution is -2.23. The quantitative estimate of drug-likeness (QED) is 0.910. The van der Waals surface area contributed by atoms with Gasteiger partial charge < -0.3 is 10.1 Å². The first-order valence-electron chi connectivity index (χ1n) is 7.30. The zero-order valence-corrected chi connectivity index (χ0v) is 12.1. The third-order valence-corrected chi connectivity index (χ3v) is 4.03. The highest BCUT2D eigenvalue weighted by Gasteiger charge is 2.23. The van der Waals surface area contributed by atoms with Gasteiger partial charge >= 0.3 is 0 Å². The number of hydrogen-bond acceptors (Lipinski definition) is 2. The smallest absolute Gasteiger partial charge is 0.231 e. The van der Waals surface area contributed by atoms with E-state index in [2.05, 4.69) is 5.32 Å². The summed E-state index contributed by atoms with van der Waals surface area (Å²) in [5.41, 5.74) is 3.14. The summed E-state index contributed by atoms with van der Waals surface area (Å²) in [6.07, 6.45) is 2.82. The van der Waals surface area contributed by atoms with Crippen molar-refractivity contribution in [3.05, 3.63) is 59.7 Å². The fourth-order valence-electron chi connectivity index (χ4n) is 2.88. The van der Waals surface area contributed by atoms with Crippen LogP contribution in [0.2, 0.25) is 0 Å². The van der Waals surface area contributed by atoms with Gasteiger partial charge in [-0.3, -0.25) is 4.79 Å². The number of rotatable bonds is 2. The summed E-state index contributed by atoms with van der Waals surface area (Å²) in [5.74, 6) is 0.844. The molecule has 0 radical (unpaired) electrons. The first kappa shape index (κ1) is 13.7. The van der Waals surface area contributed by atoms with Gasteiger partial charge in [0.05, 0.1) is 13.0 Å². The number of nitrogens with one attached hydrogen (secondary N) is 1. The first-order chi connectivity index (χ1) is 10.3. The Morgan fingerprint density at radius 3 is 2.71 bits per heavy atom. The van der Waals surface area contributed by atoms with Gasteiger partial charge in [-0.15, -0.1) is 0 Å². The summed E-state index contributed by atoms with van der Waals surface area (Å²) in [6, 6.07) is 15.8. The van der Waals surface area contributed by atoms with Crippen molar-refractivity contribution in [2.75, 3.05) is 12.4 Å². The zero-order valence-electron chi connectivity index (χ0n) is 12.1. The molecule has 0 aromatic heterocycles. The number of aryl methyl sites for hydroxylation is 1. The Labute approximate surface area is 124 Å². The molecule has 0 aliphatic carbocycles. The highest BCUT2D eigenvalue weighted by Crippen LogP contribution is 2.31. The summed E-state index contributed by atoms with van der Waals surface area (Å²) in [5, 5.41) is 3.07. The van der Waals surface area contributed by atoms with Crippen LogP contribution in [0.4, 0.5) is 5.69 Å². The Morgan fingerprint density at radius 1 is 1.14 bits per heavy atom. The average Bonchev–Trinajstić information content (AvgIpc) is 2.51. The Balaban J connectivity index is 1.88. The van der Waals surface area contributed by atoms with E-state index in [4.69, 9.17) is 4.74 Å². The number of fused-ring (bicyclic) bond motifs is 1. The van der Waals surface area contributed by atoms with Gasteiger partial charge in [0.2, 0.25) is 5.91 Å². The minimum Gasteiger partial charge on any atom is -0.497 e. The van der Waals surface area contributed by atoms with Gasteiger partial charge in [0, 0.05) is 5.69 Å². The van der Waals surface area contributed by atoms with Crippen molar-refractivity contribution in [2.45, 2.75) is 25.2 Å². The zero-order chi connectivity index (χ0) is 14.7. The third kappa shape index (κ3) is 2.92. The predicted octanol–water partition coefficient (Wildman–Crippen LogP) is 3.75. The molecule has 1 amide bonds. The summed E-state index contributed by atoms with van der Waals surface area (Å²) in [6.45, 7) is 0. The molecule has 21 heavy (non-hydrogen) atoms. The van der Waals surface area contributed by atoms with Crippen LogP contribution in [0.3, 0.4) is 0 Å². The lowest BCUT2D eigenvalue weighted by atomic mass is 9.89. The normalized spacial score (nSPS) is 18.1. The fraction of sp³-hybridized carbons (Fsp3) is 0.278. The van der Waals surface area contributed by atoms with Crippen LogP contribution in [0.15, 0.2) is 48.5 Å². The molecule has 0 spiro atoms. The molecule has 1 aliphatic heterocycles. The van der Waals surface area contributed by atoms with Crippen LogP contribution in [0, 0.1) is 0 Å². The molecule has 0 saturated carbocycles. The van der Waals surface area contributed by atoms with Gasteiger partial charge in [-0.1, -0.05) is 30.3 Å². The van der Waals surface area contributed by atoms with Gasteiger partial charge in [0.15, 0.2) is 0 Å². The fourth-order valence-corrected chi connectivity index (χ4v) is 2.88. The number of carbonyl (C=O) groups is 1. The number of carbonyl (C=O) groups excluding carboxylic acids is 1. The van der Waals surface area contributed by atoms with Crippen LogP contribution in [0.5, 0.6) is 5.75 Å². The Hall–Kier alpha value is -2.29. The van der Waals surface area contributed by atoms with Crippen LogP contribution in [0.1, 0.15) is 29.9 Å². The second-order valence-electron chi connectivity index (χ2n) is 5.37. The van der Waals surface area contributed by atoms with Crippen molar-refractivity contribution in [3.8, 4) is 5.75 Å². The van der Waals surface area contributed by atoms with Crippen molar-refractivity contribution in [2.24, 2.45) is 0 Å². The number of benzene rings is 2. The van der Waals surface area contributed by atoms with Crippen molar-refractivity contribution in [1.82, 2.24) is 0 Å². The molecule has 0 fully saturated rings. The Kier molecular flexibility index (Phi) is 3.91. The van der Waals surface area contributed by atoms with E-state index in [1.54, 1.807) is 7.11 Å². The molecule has 0 saturated heterocycles. The van der Waals surface area contributed by atoms with E-state index < -0.39 is 0 Å². The van der Waals surface area contributed by atoms with Crippen LogP contribution in [-0.2, 0) is 11.2 Å². The predicted molar refractivity (Wildman–Crippen MR) is 83.7 cm³/mol. The van der Waals surface area contributed by atoms with Crippen molar-refractivity contribution in [3.63, 3.8) is 0 Å². The first-order valence-corrected chi connectivity index (χ1v) is 7.30. The molecule has 2 aromatic carbocycles. The van der Waals surface area contributed by atoms with Crippen LogP contribution in [-0.4, -0.2) is 13.0 Å². The van der Waals surface area contributed by atoms with E-state index in [0.29, 0.717) is 0 Å². The maximum atomic E-state index is 12.5. The lowest BCUT2D eigenvalue weighted by molar-refractivity contribution is -0.117. The lowest BCUT2D eigenvalue weighted by Gasteiger charge is -2.22. The largest absolute Gasteiger partial charge is 0.497 e. The number of amides is 1. The summed E-state index contributed by atoms with van der Waals surface area (Å²) < 4.78 is 5.26. The number of hydrogen-bond donors (Lipinski definition) is 1. The Bertz CT molecular complexity index is 637. The van der Waals surface area contributed by atoms with Crippen molar-refractivity contribution in [1.29, 1.82) is 0 Å². The number of methoxy groups -OCH3 is 1. The SMILES string of the molecule is COc1ccc2c(c1)CCCC(c1ccccc1)C(=O)N2. The molecule has 0 bridgehead atoms. The molecular formula is C18H19NO2. The van der Waals surface area contributed by atoms with E-state index in [0.717, 1.165) is 41.8 Å². The monoisotopic (exact) mass is 281 g/mol. The second kappa shape index (κ2) is 6.00. The highest BCUT2D eigenvalue weighted by atomic mass is 16.5. The standard InChI is InChI=1S/C18H19NO2/c1-21-15-10-11-17-14(12-15)8-5-9-16(18(20)19-17)13-6-3-2-4-7-13/h2-4,6-7,10-12,16H,5,8-9H2,1H3,(H,19,20). The summed E-state index contributed by atoms with van der Waals surface area (Å²) >= 11 is 0. The van der Waals surface area contributed by atoms with E-state index in [-0.39, 0.29) is 11.8 Å². The average molecular weight is 281 g/mol. The molecule has 2 aromatic rings. The van der Waals surface area contributed by atoms with Crippen LogP contribution >= 0.6 is 0 Å². The van der Waals surface area contributed by atoms with Gasteiger partial charge in [-0.2, -0.15) is 0 Å². The molecule has 1 heterocycles. The van der Waals surface area contributed by atoms with Crippen LogP contribution in [0.25, 0.3) is 0 Å². The highest BCUT2D eigenvalue weighted by molar-refractivity contribution is 5.96. The van der Waals surface area contributed by atoms with Gasteiger partial charge in [-0.05, 0) is 48.6 Å². The van der Waals surface area contributed by atoms with E-state index in [9.17, 15) is 4.79 Å². The van der Waals surface area contributed by atoms with Crippen molar-refractivity contribution < 1.29 is 9.53 Å². The minimum absolute atomic E-state index is 0.0681. The Morgan fingerprint density at radius 2 is 1.95 bits per heavy atom. The molecule has 3 nitrogen and oxygen atoms in total. The summed E-state index contributed by atoms with van der Waals surface area (Å²) in [4.78, 5) is 12.5. The van der Waals surface area contributed by atoms with E-state index >= 15 is 0 Å². The van der Waals surface area contributed by atoms with E-state index in [1.807, 2.05) is 48.5 Å². The summed E-state index contributed by atoms with van der Waals surface area (Å²) in [7, 11) is 1.66. The third-order valence-electron chi connectivity index (χ3n) is 4.03. The molecule has 3 heteroatoms. The molecule has 1 atom stereocenters.